The third kappa shape index (κ3) is 2.15. The molecule has 3 nitrogen and oxygen atoms in total. The van der Waals surface area contributed by atoms with Crippen LogP contribution in [0.1, 0.15) is 31.0 Å². The summed E-state index contributed by atoms with van der Waals surface area (Å²) in [5.74, 6) is 6.09. The van der Waals surface area contributed by atoms with E-state index in [1.54, 1.807) is 0 Å². The number of rotatable bonds is 2. The van der Waals surface area contributed by atoms with Crippen LogP contribution in [0.5, 0.6) is 0 Å². The van der Waals surface area contributed by atoms with Crippen LogP contribution in [0.4, 0.5) is 5.69 Å². The Morgan fingerprint density at radius 3 is 2.39 bits per heavy atom. The molecule has 3 N–H and O–H groups in total. The molecule has 0 aliphatic rings. The number of nitrogens with two attached hydrogens (primary N) is 1. The van der Waals surface area contributed by atoms with Gasteiger partial charge in [0, 0.05) is 25.6 Å². The van der Waals surface area contributed by atoms with E-state index in [1.165, 1.54) is 0 Å². The Hall–Kier alpha value is -0.650. The van der Waals surface area contributed by atoms with Gasteiger partial charge in [0.1, 0.15) is 0 Å². The summed E-state index contributed by atoms with van der Waals surface area (Å²) in [6, 6.07) is 3.97. The lowest BCUT2D eigenvalue weighted by Gasteiger charge is -2.18. The van der Waals surface area contributed by atoms with Crippen molar-refractivity contribution in [1.29, 1.82) is 0 Å². The zero-order valence-corrected chi connectivity index (χ0v) is 13.7. The van der Waals surface area contributed by atoms with Crippen molar-refractivity contribution < 1.29 is 0 Å². The van der Waals surface area contributed by atoms with Gasteiger partial charge in [-0.2, -0.15) is 0 Å². The molecule has 0 radical (unpaired) electrons. The molecule has 0 bridgehead atoms. The predicted molar refractivity (Wildman–Crippen MR) is 83.8 cm³/mol. The molecule has 1 heterocycles. The van der Waals surface area contributed by atoms with Crippen molar-refractivity contribution in [3.63, 3.8) is 0 Å². The Morgan fingerprint density at radius 2 is 1.83 bits per heavy atom. The minimum Gasteiger partial charge on any atom is -0.323 e. The molecule has 1 aromatic heterocycles. The normalized spacial score (nSPS) is 11.3. The van der Waals surface area contributed by atoms with E-state index < -0.39 is 0 Å². The van der Waals surface area contributed by atoms with E-state index in [1.807, 2.05) is 19.1 Å². The fourth-order valence-corrected chi connectivity index (χ4v) is 3.23. The van der Waals surface area contributed by atoms with Gasteiger partial charge in [-0.15, -0.1) is 0 Å². The van der Waals surface area contributed by atoms with Gasteiger partial charge in [-0.25, -0.2) is 0 Å². The summed E-state index contributed by atoms with van der Waals surface area (Å²) >= 11 is 7.11. The maximum Gasteiger partial charge on any atom is 0.0880 e. The van der Waals surface area contributed by atoms with Gasteiger partial charge >= 0.3 is 0 Å². The van der Waals surface area contributed by atoms with Crippen molar-refractivity contribution in [2.75, 3.05) is 5.43 Å². The highest BCUT2D eigenvalue weighted by Crippen LogP contribution is 2.39. The second-order valence-electron chi connectivity index (χ2n) is 4.54. The van der Waals surface area contributed by atoms with Crippen LogP contribution in [0.3, 0.4) is 0 Å². The second kappa shape index (κ2) is 5.15. The summed E-state index contributed by atoms with van der Waals surface area (Å²) in [4.78, 5) is 4.69. The number of nitrogens with one attached hydrogen (secondary N) is 1. The summed E-state index contributed by atoms with van der Waals surface area (Å²) in [6.45, 7) is 6.30. The smallest absolute Gasteiger partial charge is 0.0880 e. The molecule has 0 atom stereocenters. The number of benzene rings is 1. The Kier molecular flexibility index (Phi) is 3.94. The van der Waals surface area contributed by atoms with Crippen LogP contribution < -0.4 is 11.3 Å². The molecule has 0 aliphatic carbocycles. The average Bonchev–Trinajstić information content (AvgIpc) is 2.32. The quantitative estimate of drug-likeness (QED) is 0.603. The molecule has 2 rings (SSSR count). The topological polar surface area (TPSA) is 50.9 Å². The lowest BCUT2D eigenvalue weighted by Crippen LogP contribution is -2.13. The van der Waals surface area contributed by atoms with Crippen LogP contribution in [0.15, 0.2) is 21.1 Å². The average molecular weight is 373 g/mol. The first kappa shape index (κ1) is 13.8. The molecule has 0 aliphatic heterocycles. The molecule has 0 spiro atoms. The number of nitrogen functional groups attached to an aromatic ring is 1. The first-order valence-electron chi connectivity index (χ1n) is 5.72. The van der Waals surface area contributed by atoms with E-state index in [-0.39, 0.29) is 0 Å². The summed E-state index contributed by atoms with van der Waals surface area (Å²) in [5.41, 5.74) is 6.86. The fraction of sp³-hybridized carbons (Fsp3) is 0.308. The van der Waals surface area contributed by atoms with Gasteiger partial charge < -0.3 is 5.43 Å². The standard InChI is InChI=1S/C13H15Br2N3/c1-6(2)10-7(3)17-12-9(15)5-4-8(14)11(12)13(10)18-16/h4-6H,16H2,1-3H3,(H,17,18). The van der Waals surface area contributed by atoms with E-state index in [0.29, 0.717) is 5.92 Å². The van der Waals surface area contributed by atoms with Crippen LogP contribution in [-0.2, 0) is 0 Å². The number of fused-ring (bicyclic) bond motifs is 1. The minimum atomic E-state index is 0.360. The van der Waals surface area contributed by atoms with E-state index in [0.717, 1.165) is 36.8 Å². The molecule has 0 fully saturated rings. The zero-order valence-electron chi connectivity index (χ0n) is 10.5. The highest BCUT2D eigenvalue weighted by molar-refractivity contribution is 9.11. The number of aryl methyl sites for hydroxylation is 1. The Morgan fingerprint density at radius 1 is 1.22 bits per heavy atom. The molecule has 5 heteroatoms. The second-order valence-corrected chi connectivity index (χ2v) is 6.25. The first-order chi connectivity index (χ1) is 8.47. The summed E-state index contributed by atoms with van der Waals surface area (Å²) < 4.78 is 1.96. The number of nitrogens with zero attached hydrogens (tertiary/aromatic N) is 1. The number of hydrazine groups is 1. The number of anilines is 1. The van der Waals surface area contributed by atoms with Crippen molar-refractivity contribution in [1.82, 2.24) is 4.98 Å². The Labute approximate surface area is 123 Å². The van der Waals surface area contributed by atoms with Crippen LogP contribution in [0.2, 0.25) is 0 Å². The molecular formula is C13H15Br2N3. The summed E-state index contributed by atoms with van der Waals surface area (Å²) in [7, 11) is 0. The summed E-state index contributed by atoms with van der Waals surface area (Å²) in [5, 5.41) is 1.01. The molecule has 18 heavy (non-hydrogen) atoms. The molecule has 0 saturated carbocycles. The third-order valence-corrected chi connectivity index (χ3v) is 4.29. The van der Waals surface area contributed by atoms with Gasteiger partial charge in [-0.3, -0.25) is 10.8 Å². The van der Waals surface area contributed by atoms with Gasteiger partial charge in [-0.1, -0.05) is 29.8 Å². The molecule has 96 valence electrons. The van der Waals surface area contributed by atoms with E-state index in [9.17, 15) is 0 Å². The number of hydrogen-bond donors (Lipinski definition) is 2. The Bertz CT molecular complexity index is 609. The SMILES string of the molecule is Cc1nc2c(Br)ccc(Br)c2c(NN)c1C(C)C. The molecular weight excluding hydrogens is 358 g/mol. The number of halogens is 2. The van der Waals surface area contributed by atoms with Crippen LogP contribution >= 0.6 is 31.9 Å². The zero-order chi connectivity index (χ0) is 13.4. The number of pyridine rings is 1. The van der Waals surface area contributed by atoms with Crippen LogP contribution in [-0.4, -0.2) is 4.98 Å². The maximum atomic E-state index is 5.73. The van der Waals surface area contributed by atoms with Gasteiger partial charge in [0.15, 0.2) is 0 Å². The van der Waals surface area contributed by atoms with Crippen molar-refractivity contribution in [3.05, 3.63) is 32.3 Å². The van der Waals surface area contributed by atoms with Gasteiger partial charge in [0.2, 0.25) is 0 Å². The van der Waals surface area contributed by atoms with Gasteiger partial charge in [0.05, 0.1) is 11.2 Å². The highest BCUT2D eigenvalue weighted by Gasteiger charge is 2.17. The van der Waals surface area contributed by atoms with Crippen molar-refractivity contribution in [2.45, 2.75) is 26.7 Å². The van der Waals surface area contributed by atoms with Crippen molar-refractivity contribution in [2.24, 2.45) is 5.84 Å². The Balaban J connectivity index is 2.99. The lowest BCUT2D eigenvalue weighted by atomic mass is 9.97. The predicted octanol–water partition coefficient (Wildman–Crippen LogP) is 4.48. The molecule has 0 amide bonds. The minimum absolute atomic E-state index is 0.360. The summed E-state index contributed by atoms with van der Waals surface area (Å²) in [6.07, 6.45) is 0. The molecule has 0 saturated heterocycles. The molecule has 0 unspecified atom stereocenters. The first-order valence-corrected chi connectivity index (χ1v) is 7.30. The van der Waals surface area contributed by atoms with Crippen LogP contribution in [0, 0.1) is 6.92 Å². The van der Waals surface area contributed by atoms with Crippen molar-refractivity contribution >= 4 is 48.5 Å². The van der Waals surface area contributed by atoms with E-state index in [4.69, 9.17) is 10.8 Å². The largest absolute Gasteiger partial charge is 0.323 e. The maximum absolute atomic E-state index is 5.73. The fourth-order valence-electron chi connectivity index (χ4n) is 2.29. The monoisotopic (exact) mass is 371 g/mol. The van der Waals surface area contributed by atoms with E-state index in [2.05, 4.69) is 51.1 Å². The third-order valence-electron chi connectivity index (χ3n) is 2.99. The highest BCUT2D eigenvalue weighted by atomic mass is 79.9. The lowest BCUT2D eigenvalue weighted by molar-refractivity contribution is 0.848. The number of aromatic nitrogens is 1. The van der Waals surface area contributed by atoms with Gasteiger partial charge in [-0.05, 0) is 40.9 Å². The molecule has 2 aromatic rings. The number of hydrogen-bond acceptors (Lipinski definition) is 3. The van der Waals surface area contributed by atoms with Crippen molar-refractivity contribution in [3.8, 4) is 0 Å². The van der Waals surface area contributed by atoms with E-state index >= 15 is 0 Å². The van der Waals surface area contributed by atoms with Gasteiger partial charge in [0.25, 0.3) is 0 Å². The van der Waals surface area contributed by atoms with Crippen LogP contribution in [0.25, 0.3) is 10.9 Å². The molecule has 1 aromatic carbocycles.